The third-order valence-electron chi connectivity index (χ3n) is 10.4. The Bertz CT molecular complexity index is 2230. The Balaban J connectivity index is 1.24. The van der Waals surface area contributed by atoms with Crippen LogP contribution in [0.3, 0.4) is 0 Å². The van der Waals surface area contributed by atoms with Gasteiger partial charge >= 0.3 is 12.1 Å². The third kappa shape index (κ3) is 8.77. The van der Waals surface area contributed by atoms with Crippen molar-refractivity contribution in [2.45, 2.75) is 70.3 Å². The van der Waals surface area contributed by atoms with Crippen LogP contribution in [0, 0.1) is 11.6 Å². The van der Waals surface area contributed by atoms with E-state index in [1.165, 1.54) is 31.4 Å². The molecule has 2 heterocycles. The molecular weight excluding hydrogens is 719 g/mol. The number of hydrogen-bond donors (Lipinski definition) is 1. The molecular formula is C42H41F5N4O4. The molecule has 1 amide bonds. The minimum absolute atomic E-state index is 0.104. The lowest BCUT2D eigenvalue weighted by Gasteiger charge is -2.43. The van der Waals surface area contributed by atoms with Crippen molar-refractivity contribution in [2.75, 3.05) is 20.2 Å². The Hall–Kier alpha value is -5.43. The third-order valence-corrected chi connectivity index (χ3v) is 10.4. The van der Waals surface area contributed by atoms with E-state index in [0.717, 1.165) is 29.3 Å². The van der Waals surface area contributed by atoms with Gasteiger partial charge in [0.15, 0.2) is 11.6 Å². The summed E-state index contributed by atoms with van der Waals surface area (Å²) in [6.07, 6.45) is -3.12. The Morgan fingerprint density at radius 3 is 2.13 bits per heavy atom. The van der Waals surface area contributed by atoms with Crippen LogP contribution in [0.25, 0.3) is 22.0 Å². The number of benzene rings is 4. The zero-order valence-corrected chi connectivity index (χ0v) is 30.7. The number of nitrogens with zero attached hydrogens (tertiary/aromatic N) is 3. The SMILES string of the molecule is COC(=O)C(C)(C)N1CCC(N(Cc2ccc(-c3ccc(C(F)(F)F)cc3)cc2)C(=O)Cc2cccc3nc(CCc4cccc(F)c4F)[nH]c(=O)c23)CC1. The molecule has 0 atom stereocenters. The topological polar surface area (TPSA) is 95.6 Å². The van der Waals surface area contributed by atoms with Gasteiger partial charge in [-0.25, -0.2) is 13.8 Å². The highest BCUT2D eigenvalue weighted by molar-refractivity contribution is 5.88. The maximum absolute atomic E-state index is 14.3. The number of nitrogens with one attached hydrogen (secondary N) is 1. The zero-order valence-electron chi connectivity index (χ0n) is 30.7. The number of ether oxygens (including phenoxy) is 1. The first-order chi connectivity index (χ1) is 26.1. The normalized spacial score (nSPS) is 14.3. The molecule has 0 radical (unpaired) electrons. The van der Waals surface area contributed by atoms with Crippen molar-refractivity contribution in [3.05, 3.63) is 135 Å². The van der Waals surface area contributed by atoms with Gasteiger partial charge in [-0.15, -0.1) is 0 Å². The van der Waals surface area contributed by atoms with Crippen LogP contribution in [0.2, 0.25) is 0 Å². The molecule has 0 spiro atoms. The molecule has 0 aliphatic carbocycles. The highest BCUT2D eigenvalue weighted by Gasteiger charge is 2.39. The smallest absolute Gasteiger partial charge is 0.416 e. The summed E-state index contributed by atoms with van der Waals surface area (Å²) < 4.78 is 72.3. The number of methoxy groups -OCH3 is 1. The molecule has 6 rings (SSSR count). The van der Waals surface area contributed by atoms with E-state index in [-0.39, 0.29) is 54.7 Å². The Kier molecular flexibility index (Phi) is 11.5. The summed E-state index contributed by atoms with van der Waals surface area (Å²) in [5.41, 5.74) is 1.11. The van der Waals surface area contributed by atoms with E-state index >= 15 is 0 Å². The molecule has 8 nitrogen and oxygen atoms in total. The second-order valence-corrected chi connectivity index (χ2v) is 14.3. The van der Waals surface area contributed by atoms with E-state index in [1.54, 1.807) is 49.1 Å². The number of aromatic amines is 1. The van der Waals surface area contributed by atoms with Gasteiger partial charge in [0.05, 0.1) is 30.0 Å². The van der Waals surface area contributed by atoms with Gasteiger partial charge < -0.3 is 14.6 Å². The summed E-state index contributed by atoms with van der Waals surface area (Å²) in [6, 6.07) is 21.0. The molecule has 0 unspecified atom stereocenters. The number of aromatic nitrogens is 2. The quantitative estimate of drug-likeness (QED) is 0.110. The fraction of sp³-hybridized carbons (Fsp3) is 0.333. The maximum atomic E-state index is 14.3. The van der Waals surface area contributed by atoms with Crippen LogP contribution < -0.4 is 5.56 Å². The molecule has 1 aliphatic rings. The average molecular weight is 761 g/mol. The number of piperidine rings is 1. The van der Waals surface area contributed by atoms with E-state index < -0.39 is 34.5 Å². The second-order valence-electron chi connectivity index (χ2n) is 14.3. The molecule has 0 bridgehead atoms. The van der Waals surface area contributed by atoms with Gasteiger partial charge in [0.1, 0.15) is 11.4 Å². The summed E-state index contributed by atoms with van der Waals surface area (Å²) in [6.45, 7) is 4.90. The molecule has 0 saturated carbocycles. The molecule has 13 heteroatoms. The summed E-state index contributed by atoms with van der Waals surface area (Å²) in [5, 5.41) is 0.257. The number of rotatable bonds is 11. The summed E-state index contributed by atoms with van der Waals surface area (Å²) in [5.74, 6) is -2.18. The Labute approximate surface area is 315 Å². The fourth-order valence-corrected chi connectivity index (χ4v) is 7.22. The second kappa shape index (κ2) is 16.1. The largest absolute Gasteiger partial charge is 0.468 e. The first-order valence-corrected chi connectivity index (χ1v) is 18.0. The van der Waals surface area contributed by atoms with Crippen molar-refractivity contribution in [1.29, 1.82) is 0 Å². The van der Waals surface area contributed by atoms with Crippen LogP contribution >= 0.6 is 0 Å². The summed E-state index contributed by atoms with van der Waals surface area (Å²) >= 11 is 0. The molecule has 4 aromatic carbocycles. The van der Waals surface area contributed by atoms with Gasteiger partial charge in [0.2, 0.25) is 5.91 Å². The maximum Gasteiger partial charge on any atom is 0.416 e. The van der Waals surface area contributed by atoms with Gasteiger partial charge in [-0.05, 0) is 85.2 Å². The number of hydrogen-bond acceptors (Lipinski definition) is 6. The van der Waals surface area contributed by atoms with Crippen LogP contribution in [0.5, 0.6) is 0 Å². The molecule has 55 heavy (non-hydrogen) atoms. The van der Waals surface area contributed by atoms with Crippen molar-refractivity contribution >= 4 is 22.8 Å². The number of halogens is 5. The highest BCUT2D eigenvalue weighted by atomic mass is 19.4. The van der Waals surface area contributed by atoms with Gasteiger partial charge in [-0.1, -0.05) is 60.7 Å². The van der Waals surface area contributed by atoms with Crippen molar-refractivity contribution in [3.8, 4) is 11.1 Å². The lowest BCUT2D eigenvalue weighted by Crippen LogP contribution is -2.56. The van der Waals surface area contributed by atoms with Crippen LogP contribution in [-0.2, 0) is 46.3 Å². The van der Waals surface area contributed by atoms with Crippen molar-refractivity contribution < 1.29 is 36.3 Å². The number of aryl methyl sites for hydroxylation is 2. The number of esters is 1. The lowest BCUT2D eigenvalue weighted by atomic mass is 9.94. The lowest BCUT2D eigenvalue weighted by molar-refractivity contribution is -0.155. The predicted molar refractivity (Wildman–Crippen MR) is 198 cm³/mol. The van der Waals surface area contributed by atoms with E-state index in [9.17, 15) is 36.3 Å². The highest BCUT2D eigenvalue weighted by Crippen LogP contribution is 2.32. The minimum atomic E-state index is -4.43. The molecule has 1 fully saturated rings. The monoisotopic (exact) mass is 760 g/mol. The first kappa shape index (κ1) is 39.3. The van der Waals surface area contributed by atoms with Crippen LogP contribution in [0.4, 0.5) is 22.0 Å². The first-order valence-electron chi connectivity index (χ1n) is 18.0. The van der Waals surface area contributed by atoms with Gasteiger partial charge in [0.25, 0.3) is 5.56 Å². The van der Waals surface area contributed by atoms with Crippen molar-refractivity contribution in [1.82, 2.24) is 19.8 Å². The van der Waals surface area contributed by atoms with Crippen LogP contribution in [0.1, 0.15) is 54.8 Å². The molecule has 5 aromatic rings. The molecule has 1 aliphatic heterocycles. The van der Waals surface area contributed by atoms with E-state index in [1.807, 2.05) is 17.0 Å². The minimum Gasteiger partial charge on any atom is -0.468 e. The zero-order chi connectivity index (χ0) is 39.5. The number of alkyl halides is 3. The predicted octanol–water partition coefficient (Wildman–Crippen LogP) is 7.66. The molecule has 1 saturated heterocycles. The van der Waals surface area contributed by atoms with Crippen LogP contribution in [-0.4, -0.2) is 63.4 Å². The number of likely N-dealkylation sites (tertiary alicyclic amines) is 1. The number of carbonyl (C=O) groups is 2. The van der Waals surface area contributed by atoms with Crippen LogP contribution in [0.15, 0.2) is 89.7 Å². The van der Waals surface area contributed by atoms with Gasteiger partial charge in [0, 0.05) is 32.1 Å². The van der Waals surface area contributed by atoms with Gasteiger partial charge in [-0.3, -0.25) is 19.3 Å². The number of H-pyrrole nitrogens is 1. The van der Waals surface area contributed by atoms with Gasteiger partial charge in [-0.2, -0.15) is 13.2 Å². The van der Waals surface area contributed by atoms with Crippen molar-refractivity contribution in [2.24, 2.45) is 0 Å². The Morgan fingerprint density at radius 1 is 0.873 bits per heavy atom. The summed E-state index contributed by atoms with van der Waals surface area (Å²) in [7, 11) is 1.35. The molecule has 1 N–H and O–H groups in total. The van der Waals surface area contributed by atoms with E-state index in [4.69, 9.17) is 4.74 Å². The fourth-order valence-electron chi connectivity index (χ4n) is 7.22. The molecule has 288 valence electrons. The number of fused-ring (bicyclic) bond motifs is 1. The van der Waals surface area contributed by atoms with Crippen molar-refractivity contribution in [3.63, 3.8) is 0 Å². The number of amides is 1. The number of carbonyl (C=O) groups excluding carboxylic acids is 2. The van der Waals surface area contributed by atoms with E-state index in [0.29, 0.717) is 48.4 Å². The summed E-state index contributed by atoms with van der Waals surface area (Å²) in [4.78, 5) is 51.5. The standard InChI is InChI=1S/C42H41F5N4O4/c1-41(2,40(54)55-3)50-22-20-32(21-23-50)51(25-26-10-12-27(13-11-26)28-14-17-31(18-15-28)42(45,46)47)36(52)24-30-7-5-9-34-37(30)39(53)49-35(48-34)19-16-29-6-4-8-33(43)38(29)44/h4-15,17-18,32H,16,19-25H2,1-3H3,(H,48,49,53). The van der Waals surface area contributed by atoms with E-state index in [2.05, 4.69) is 9.97 Å². The Morgan fingerprint density at radius 2 is 1.49 bits per heavy atom. The molecule has 1 aromatic heterocycles. The average Bonchev–Trinajstić information content (AvgIpc) is 3.17.